The lowest BCUT2D eigenvalue weighted by molar-refractivity contribution is -0.0689. The molecule has 0 saturated heterocycles. The van der Waals surface area contributed by atoms with E-state index in [0.29, 0.717) is 18.4 Å². The van der Waals surface area contributed by atoms with Crippen LogP contribution in [0.1, 0.15) is 31.2 Å². The van der Waals surface area contributed by atoms with Crippen molar-refractivity contribution in [3.8, 4) is 0 Å². The van der Waals surface area contributed by atoms with E-state index in [2.05, 4.69) is 0 Å². The van der Waals surface area contributed by atoms with Crippen LogP contribution >= 0.6 is 11.6 Å². The van der Waals surface area contributed by atoms with Gasteiger partial charge < -0.3 is 10.2 Å². The maximum absolute atomic E-state index is 13.2. The van der Waals surface area contributed by atoms with Gasteiger partial charge in [-0.15, -0.1) is 0 Å². The Bertz CT molecular complexity index is 402. The maximum atomic E-state index is 13.2. The summed E-state index contributed by atoms with van der Waals surface area (Å²) in [6.07, 6.45) is 2.34. The van der Waals surface area contributed by atoms with Gasteiger partial charge in [0.15, 0.2) is 0 Å². The minimum Gasteiger partial charge on any atom is -0.390 e. The molecule has 0 aromatic heterocycles. The summed E-state index contributed by atoms with van der Waals surface area (Å²) < 4.78 is 13.2. The van der Waals surface area contributed by atoms with Crippen molar-refractivity contribution in [2.75, 3.05) is 0 Å². The van der Waals surface area contributed by atoms with Crippen LogP contribution in [0.15, 0.2) is 18.2 Å². The average Bonchev–Trinajstić information content (AvgIpc) is 2.73. The van der Waals surface area contributed by atoms with Crippen molar-refractivity contribution < 1.29 is 14.6 Å². The topological polar surface area (TPSA) is 40.5 Å². The van der Waals surface area contributed by atoms with Crippen LogP contribution in [0, 0.1) is 5.82 Å². The third-order valence-electron chi connectivity index (χ3n) is 3.53. The van der Waals surface area contributed by atoms with Gasteiger partial charge in [0, 0.05) is 6.42 Å². The summed E-state index contributed by atoms with van der Waals surface area (Å²) >= 11 is 5.82. The molecule has 2 rings (SSSR count). The van der Waals surface area contributed by atoms with Gasteiger partial charge in [-0.1, -0.05) is 36.6 Å². The molecular formula is C13H16ClFO2. The molecule has 0 radical (unpaired) electrons. The van der Waals surface area contributed by atoms with E-state index in [0.717, 1.165) is 12.8 Å². The van der Waals surface area contributed by atoms with Crippen molar-refractivity contribution in [1.82, 2.24) is 0 Å². The highest BCUT2D eigenvalue weighted by Gasteiger charge is 2.38. The van der Waals surface area contributed by atoms with E-state index in [1.165, 1.54) is 6.07 Å². The van der Waals surface area contributed by atoms with Crippen LogP contribution < -0.4 is 0 Å². The Kier molecular flexibility index (Phi) is 3.71. The number of rotatable bonds is 3. The first-order valence-electron chi connectivity index (χ1n) is 5.86. The van der Waals surface area contributed by atoms with E-state index in [9.17, 15) is 14.6 Å². The van der Waals surface area contributed by atoms with Crippen LogP contribution in [0.2, 0.25) is 5.02 Å². The fraction of sp³-hybridized carbons (Fsp3) is 0.538. The minimum absolute atomic E-state index is 0.0353. The molecule has 1 fully saturated rings. The molecule has 1 aliphatic rings. The third kappa shape index (κ3) is 2.62. The lowest BCUT2D eigenvalue weighted by Gasteiger charge is -2.28. The summed E-state index contributed by atoms with van der Waals surface area (Å²) in [4.78, 5) is 0. The molecule has 2 nitrogen and oxygen atoms in total. The van der Waals surface area contributed by atoms with Crippen molar-refractivity contribution in [2.45, 2.75) is 43.8 Å². The lowest BCUT2D eigenvalue weighted by atomic mass is 9.90. The summed E-state index contributed by atoms with van der Waals surface area (Å²) in [5, 5.41) is 20.3. The van der Waals surface area contributed by atoms with Crippen LogP contribution in [0.4, 0.5) is 4.39 Å². The number of aliphatic hydroxyl groups is 2. The standard InChI is InChI=1S/C13H16ClFO2/c14-12-9(4-3-5-10(12)15)8-11(16)13(17)6-1-2-7-13/h3-5,11,16-17H,1-2,6-8H2. The number of halogens is 2. The molecule has 4 heteroatoms. The molecule has 94 valence electrons. The van der Waals surface area contributed by atoms with Crippen LogP contribution in [-0.2, 0) is 6.42 Å². The van der Waals surface area contributed by atoms with E-state index in [1.54, 1.807) is 12.1 Å². The Balaban J connectivity index is 2.12. The van der Waals surface area contributed by atoms with E-state index >= 15 is 0 Å². The lowest BCUT2D eigenvalue weighted by Crippen LogP contribution is -2.40. The second-order valence-electron chi connectivity index (χ2n) is 4.74. The molecule has 0 heterocycles. The molecule has 1 aromatic carbocycles. The van der Waals surface area contributed by atoms with Gasteiger partial charge in [-0.3, -0.25) is 0 Å². The highest BCUT2D eigenvalue weighted by Crippen LogP contribution is 2.34. The van der Waals surface area contributed by atoms with E-state index in [4.69, 9.17) is 11.6 Å². The van der Waals surface area contributed by atoms with E-state index in [-0.39, 0.29) is 11.4 Å². The zero-order valence-electron chi connectivity index (χ0n) is 9.50. The van der Waals surface area contributed by atoms with E-state index < -0.39 is 17.5 Å². The summed E-state index contributed by atoms with van der Waals surface area (Å²) in [5.41, 5.74) is -0.491. The van der Waals surface area contributed by atoms with Crippen LogP contribution in [0.25, 0.3) is 0 Å². The highest BCUT2D eigenvalue weighted by atomic mass is 35.5. The van der Waals surface area contributed by atoms with Gasteiger partial charge in [0.05, 0.1) is 16.7 Å². The Morgan fingerprint density at radius 1 is 1.35 bits per heavy atom. The molecule has 1 saturated carbocycles. The van der Waals surface area contributed by atoms with Crippen molar-refractivity contribution in [2.24, 2.45) is 0 Å². The van der Waals surface area contributed by atoms with Gasteiger partial charge in [0.25, 0.3) is 0 Å². The molecule has 1 atom stereocenters. The molecule has 0 bridgehead atoms. The minimum atomic E-state index is -1.03. The fourth-order valence-electron chi connectivity index (χ4n) is 2.42. The van der Waals surface area contributed by atoms with Crippen molar-refractivity contribution in [3.63, 3.8) is 0 Å². The Hall–Kier alpha value is -0.640. The van der Waals surface area contributed by atoms with Gasteiger partial charge in [-0.2, -0.15) is 0 Å². The molecule has 0 spiro atoms. The summed E-state index contributed by atoms with van der Waals surface area (Å²) in [6.45, 7) is 0. The van der Waals surface area contributed by atoms with Crippen LogP contribution in [-0.4, -0.2) is 21.9 Å². The first kappa shape index (κ1) is 12.8. The molecule has 17 heavy (non-hydrogen) atoms. The smallest absolute Gasteiger partial charge is 0.142 e. The Labute approximate surface area is 105 Å². The molecule has 1 aromatic rings. The normalized spacial score (nSPS) is 20.5. The molecule has 1 unspecified atom stereocenters. The first-order valence-corrected chi connectivity index (χ1v) is 6.24. The quantitative estimate of drug-likeness (QED) is 0.875. The van der Waals surface area contributed by atoms with E-state index in [1.807, 2.05) is 0 Å². The summed E-state index contributed by atoms with van der Waals surface area (Å²) in [7, 11) is 0. The number of hydrogen-bond acceptors (Lipinski definition) is 2. The molecule has 0 amide bonds. The average molecular weight is 259 g/mol. The third-order valence-corrected chi connectivity index (χ3v) is 3.96. The molecule has 2 N–H and O–H groups in total. The fourth-order valence-corrected chi connectivity index (χ4v) is 2.63. The summed E-state index contributed by atoms with van der Waals surface area (Å²) in [6, 6.07) is 4.51. The second kappa shape index (κ2) is 4.92. The Morgan fingerprint density at radius 3 is 2.65 bits per heavy atom. The summed E-state index contributed by atoms with van der Waals surface area (Å²) in [5.74, 6) is -0.491. The van der Waals surface area contributed by atoms with Gasteiger partial charge in [0.2, 0.25) is 0 Å². The van der Waals surface area contributed by atoms with Gasteiger partial charge in [-0.25, -0.2) is 4.39 Å². The van der Waals surface area contributed by atoms with Gasteiger partial charge in [0.1, 0.15) is 5.82 Å². The van der Waals surface area contributed by atoms with Crippen LogP contribution in [0.5, 0.6) is 0 Å². The van der Waals surface area contributed by atoms with Gasteiger partial charge in [-0.05, 0) is 24.5 Å². The first-order chi connectivity index (χ1) is 8.03. The number of hydrogen-bond donors (Lipinski definition) is 2. The zero-order valence-corrected chi connectivity index (χ0v) is 10.3. The highest BCUT2D eigenvalue weighted by molar-refractivity contribution is 6.31. The predicted molar refractivity (Wildman–Crippen MR) is 64.5 cm³/mol. The SMILES string of the molecule is OC(Cc1cccc(F)c1Cl)C1(O)CCCC1. The number of benzene rings is 1. The monoisotopic (exact) mass is 258 g/mol. The Morgan fingerprint density at radius 2 is 2.00 bits per heavy atom. The molecule has 0 aliphatic heterocycles. The van der Waals surface area contributed by atoms with Gasteiger partial charge >= 0.3 is 0 Å². The van der Waals surface area contributed by atoms with Crippen molar-refractivity contribution in [3.05, 3.63) is 34.6 Å². The predicted octanol–water partition coefficient (Wildman–Crippen LogP) is 2.69. The maximum Gasteiger partial charge on any atom is 0.142 e. The molecule has 1 aliphatic carbocycles. The van der Waals surface area contributed by atoms with Crippen LogP contribution in [0.3, 0.4) is 0 Å². The zero-order chi connectivity index (χ0) is 12.5. The van der Waals surface area contributed by atoms with Crippen molar-refractivity contribution in [1.29, 1.82) is 0 Å². The number of aliphatic hydroxyl groups excluding tert-OH is 1. The molecular weight excluding hydrogens is 243 g/mol. The second-order valence-corrected chi connectivity index (χ2v) is 5.12. The van der Waals surface area contributed by atoms with Crippen molar-refractivity contribution >= 4 is 11.6 Å². The largest absolute Gasteiger partial charge is 0.390 e.